The Labute approximate surface area is 172 Å². The van der Waals surface area contributed by atoms with Crippen molar-refractivity contribution < 1.29 is 19.8 Å². The van der Waals surface area contributed by atoms with Gasteiger partial charge in [0.15, 0.2) is 0 Å². The van der Waals surface area contributed by atoms with E-state index in [0.29, 0.717) is 0 Å². The molecular weight excluding hydrogens is 320 g/mol. The molecule has 0 aliphatic carbocycles. The van der Waals surface area contributed by atoms with Crippen molar-refractivity contribution in [2.75, 3.05) is 0 Å². The average molecular weight is 355 g/mol. The number of carboxylic acid groups (broad SMARTS) is 2. The zero-order chi connectivity index (χ0) is 17.4. The Bertz CT molecular complexity index is 254. The van der Waals surface area contributed by atoms with Gasteiger partial charge in [0, 0.05) is 11.9 Å². The SMILES string of the molecule is CCCCCCC(C)C(=O)[O-].CCCCCCC(C)C(=O)[O-].[Ca+2]. The van der Waals surface area contributed by atoms with Crippen LogP contribution in [-0.4, -0.2) is 49.7 Å². The van der Waals surface area contributed by atoms with Gasteiger partial charge in [0.25, 0.3) is 0 Å². The van der Waals surface area contributed by atoms with E-state index in [0.717, 1.165) is 38.5 Å². The number of carbonyl (C=O) groups excluding carboxylic acids is 2. The fraction of sp³-hybridized carbons (Fsp3) is 0.889. The Balaban J connectivity index is -0.000000333. The van der Waals surface area contributed by atoms with Crippen molar-refractivity contribution in [2.24, 2.45) is 11.8 Å². The van der Waals surface area contributed by atoms with Crippen molar-refractivity contribution in [2.45, 2.75) is 91.9 Å². The summed E-state index contributed by atoms with van der Waals surface area (Å²) in [6.07, 6.45) is 10.7. The molecule has 0 rings (SSSR count). The summed E-state index contributed by atoms with van der Waals surface area (Å²) in [6.45, 7) is 7.70. The summed E-state index contributed by atoms with van der Waals surface area (Å²) >= 11 is 0. The monoisotopic (exact) mass is 354 g/mol. The summed E-state index contributed by atoms with van der Waals surface area (Å²) in [7, 11) is 0. The van der Waals surface area contributed by atoms with Gasteiger partial charge in [-0.05, 0) is 24.7 Å². The Morgan fingerprint density at radius 2 is 1.00 bits per heavy atom. The molecule has 0 aromatic heterocycles. The van der Waals surface area contributed by atoms with Crippen LogP contribution < -0.4 is 10.2 Å². The predicted octanol–water partition coefficient (Wildman–Crippen LogP) is 2.30. The second-order valence-electron chi connectivity index (χ2n) is 6.14. The minimum Gasteiger partial charge on any atom is -0.550 e. The van der Waals surface area contributed by atoms with Gasteiger partial charge in [0.05, 0.1) is 0 Å². The van der Waals surface area contributed by atoms with Gasteiger partial charge in [0.2, 0.25) is 0 Å². The van der Waals surface area contributed by atoms with E-state index < -0.39 is 11.9 Å². The molecule has 0 aliphatic rings. The number of carbonyl (C=O) groups is 2. The number of rotatable bonds is 12. The summed E-state index contributed by atoms with van der Waals surface area (Å²) in [4.78, 5) is 20.5. The van der Waals surface area contributed by atoms with Crippen molar-refractivity contribution in [3.63, 3.8) is 0 Å². The van der Waals surface area contributed by atoms with Crippen LogP contribution in [0.15, 0.2) is 0 Å². The van der Waals surface area contributed by atoms with E-state index in [-0.39, 0.29) is 49.6 Å². The van der Waals surface area contributed by atoms with Crippen molar-refractivity contribution in [1.82, 2.24) is 0 Å². The molecule has 0 amide bonds. The van der Waals surface area contributed by atoms with Gasteiger partial charge in [-0.25, -0.2) is 0 Å². The maximum Gasteiger partial charge on any atom is 2.00 e. The number of aliphatic carboxylic acids is 2. The normalized spacial score (nSPS) is 12.3. The van der Waals surface area contributed by atoms with Crippen molar-refractivity contribution in [3.05, 3.63) is 0 Å². The van der Waals surface area contributed by atoms with Crippen molar-refractivity contribution in [1.29, 1.82) is 0 Å². The fourth-order valence-corrected chi connectivity index (χ4v) is 1.99. The molecule has 0 spiro atoms. The van der Waals surface area contributed by atoms with Gasteiger partial charge in [-0.15, -0.1) is 0 Å². The molecular formula is C18H34CaO4. The zero-order valence-electron chi connectivity index (χ0n) is 15.6. The van der Waals surface area contributed by atoms with Gasteiger partial charge in [-0.2, -0.15) is 0 Å². The molecule has 2 unspecified atom stereocenters. The third-order valence-electron chi connectivity index (χ3n) is 3.79. The third-order valence-corrected chi connectivity index (χ3v) is 3.79. The first kappa shape index (κ1) is 28.0. The van der Waals surface area contributed by atoms with Crippen LogP contribution in [-0.2, 0) is 9.59 Å². The van der Waals surface area contributed by atoms with Crippen LogP contribution in [0, 0.1) is 11.8 Å². The molecule has 0 N–H and O–H groups in total. The summed E-state index contributed by atoms with van der Waals surface area (Å²) < 4.78 is 0. The Hall–Kier alpha value is 0.200. The molecule has 2 atom stereocenters. The van der Waals surface area contributed by atoms with Crippen molar-refractivity contribution >= 4 is 49.7 Å². The molecule has 0 radical (unpaired) electrons. The smallest absolute Gasteiger partial charge is 0.550 e. The van der Waals surface area contributed by atoms with Crippen LogP contribution in [0.25, 0.3) is 0 Å². The minimum atomic E-state index is -0.915. The molecule has 0 bridgehead atoms. The van der Waals surface area contributed by atoms with E-state index in [1.165, 1.54) is 25.7 Å². The van der Waals surface area contributed by atoms with Crippen LogP contribution in [0.4, 0.5) is 0 Å². The van der Waals surface area contributed by atoms with E-state index >= 15 is 0 Å². The third kappa shape index (κ3) is 22.2. The molecule has 0 saturated heterocycles. The van der Waals surface area contributed by atoms with Gasteiger partial charge in [-0.3, -0.25) is 0 Å². The maximum atomic E-state index is 10.3. The molecule has 0 aliphatic heterocycles. The average Bonchev–Trinajstić information content (AvgIpc) is 2.48. The largest absolute Gasteiger partial charge is 2.00 e. The van der Waals surface area contributed by atoms with Crippen LogP contribution in [0.3, 0.4) is 0 Å². The first-order chi connectivity index (χ1) is 10.4. The summed E-state index contributed by atoms with van der Waals surface area (Å²) in [5, 5.41) is 20.5. The molecule has 0 aromatic carbocycles. The minimum absolute atomic E-state index is 0. The molecule has 132 valence electrons. The zero-order valence-corrected chi connectivity index (χ0v) is 17.8. The summed E-state index contributed by atoms with van der Waals surface area (Å²) in [5.41, 5.74) is 0. The van der Waals surface area contributed by atoms with E-state index in [1.807, 2.05) is 0 Å². The summed E-state index contributed by atoms with van der Waals surface area (Å²) in [5.74, 6) is -2.37. The van der Waals surface area contributed by atoms with Gasteiger partial charge in [0.1, 0.15) is 0 Å². The maximum absolute atomic E-state index is 10.3. The second-order valence-corrected chi connectivity index (χ2v) is 6.14. The molecule has 0 saturated carbocycles. The first-order valence-electron chi connectivity index (χ1n) is 8.78. The molecule has 23 heavy (non-hydrogen) atoms. The number of hydrogen-bond acceptors (Lipinski definition) is 4. The summed E-state index contributed by atoms with van der Waals surface area (Å²) in [6, 6.07) is 0. The van der Waals surface area contributed by atoms with Gasteiger partial charge in [-0.1, -0.05) is 79.1 Å². The van der Waals surface area contributed by atoms with Gasteiger partial charge < -0.3 is 19.8 Å². The number of unbranched alkanes of at least 4 members (excludes halogenated alkanes) is 6. The predicted molar refractivity (Wildman–Crippen MR) is 91.6 cm³/mol. The van der Waals surface area contributed by atoms with Crippen LogP contribution >= 0.6 is 0 Å². The van der Waals surface area contributed by atoms with Crippen LogP contribution in [0.1, 0.15) is 91.9 Å². The molecule has 4 nitrogen and oxygen atoms in total. The Morgan fingerprint density at radius 3 is 1.22 bits per heavy atom. The van der Waals surface area contributed by atoms with Crippen molar-refractivity contribution in [3.8, 4) is 0 Å². The fourth-order valence-electron chi connectivity index (χ4n) is 1.99. The standard InChI is InChI=1S/2C9H18O2.Ca/c2*1-3-4-5-6-7-8(2)9(10)11;/h2*8H,3-7H2,1-2H3,(H,10,11);/q;;+2/p-2. The molecule has 0 heterocycles. The number of hydrogen-bond donors (Lipinski definition) is 0. The number of carboxylic acids is 2. The van der Waals surface area contributed by atoms with E-state index in [9.17, 15) is 19.8 Å². The van der Waals surface area contributed by atoms with Gasteiger partial charge >= 0.3 is 37.7 Å². The second kappa shape index (κ2) is 20.2. The van der Waals surface area contributed by atoms with E-state index in [2.05, 4.69) is 13.8 Å². The quantitative estimate of drug-likeness (QED) is 0.398. The van der Waals surface area contributed by atoms with E-state index in [1.54, 1.807) is 13.8 Å². The topological polar surface area (TPSA) is 80.3 Å². The van der Waals surface area contributed by atoms with Crippen LogP contribution in [0.2, 0.25) is 0 Å². The molecule has 0 aromatic rings. The molecule has 5 heteroatoms. The van der Waals surface area contributed by atoms with Crippen LogP contribution in [0.5, 0.6) is 0 Å². The first-order valence-corrected chi connectivity index (χ1v) is 8.78. The molecule has 0 fully saturated rings. The Morgan fingerprint density at radius 1 is 0.696 bits per heavy atom. The Kier molecular flexibility index (Phi) is 24.7. The van der Waals surface area contributed by atoms with E-state index in [4.69, 9.17) is 0 Å².